The summed E-state index contributed by atoms with van der Waals surface area (Å²) in [6.45, 7) is 14.5. The third-order valence-corrected chi connectivity index (χ3v) is 9.10. The summed E-state index contributed by atoms with van der Waals surface area (Å²) >= 11 is 0. The maximum absolute atomic E-state index is 11.6. The highest BCUT2D eigenvalue weighted by Gasteiger charge is 2.50. The summed E-state index contributed by atoms with van der Waals surface area (Å²) in [5.41, 5.74) is 4.07. The zero-order valence-electron chi connectivity index (χ0n) is 20.4. The van der Waals surface area contributed by atoms with Crippen molar-refractivity contribution in [2.75, 3.05) is 0 Å². The maximum atomic E-state index is 11.6. The first-order chi connectivity index (χ1) is 15.6. The van der Waals surface area contributed by atoms with Gasteiger partial charge in [-0.15, -0.1) is 0 Å². The number of esters is 1. The van der Waals surface area contributed by atoms with Crippen LogP contribution in [-0.4, -0.2) is 34.5 Å². The fourth-order valence-electron chi connectivity index (χ4n) is 6.92. The Balaban J connectivity index is 1.48. The van der Waals surface area contributed by atoms with Crippen molar-refractivity contribution < 1.29 is 19.7 Å². The second-order valence-electron chi connectivity index (χ2n) is 11.1. The van der Waals surface area contributed by atoms with Crippen LogP contribution in [0.2, 0.25) is 0 Å². The molecule has 33 heavy (non-hydrogen) atoms. The number of hydrogen-bond donors (Lipinski definition) is 2. The molecule has 0 spiro atoms. The van der Waals surface area contributed by atoms with Crippen molar-refractivity contribution in [3.05, 3.63) is 59.8 Å². The zero-order chi connectivity index (χ0) is 23.9. The first-order valence-corrected chi connectivity index (χ1v) is 12.6. The van der Waals surface area contributed by atoms with E-state index in [4.69, 9.17) is 4.74 Å². The lowest BCUT2D eigenvalue weighted by molar-refractivity contribution is -0.137. The third-order valence-electron chi connectivity index (χ3n) is 9.10. The van der Waals surface area contributed by atoms with Crippen LogP contribution in [0.5, 0.6) is 0 Å². The van der Waals surface area contributed by atoms with Crippen LogP contribution in [0.15, 0.2) is 59.8 Å². The van der Waals surface area contributed by atoms with Gasteiger partial charge in [0.1, 0.15) is 6.10 Å². The number of rotatable bonds is 4. The first kappa shape index (κ1) is 24.2. The summed E-state index contributed by atoms with van der Waals surface area (Å²) in [5.74, 6) is 1.16. The van der Waals surface area contributed by atoms with Gasteiger partial charge in [0.2, 0.25) is 0 Å². The predicted octanol–water partition coefficient (Wildman–Crippen LogP) is 5.44. The van der Waals surface area contributed by atoms with Gasteiger partial charge in [0.25, 0.3) is 0 Å². The van der Waals surface area contributed by atoms with Crippen LogP contribution < -0.4 is 0 Å². The molecule has 2 N–H and O–H groups in total. The molecule has 0 amide bonds. The summed E-state index contributed by atoms with van der Waals surface area (Å²) < 4.78 is 5.37. The molecular formula is C29H40O4. The highest BCUT2D eigenvalue weighted by atomic mass is 16.5. The van der Waals surface area contributed by atoms with Crippen LogP contribution in [-0.2, 0) is 9.53 Å². The normalized spacial score (nSPS) is 42.9. The van der Waals surface area contributed by atoms with Crippen molar-refractivity contribution in [3.63, 3.8) is 0 Å². The van der Waals surface area contributed by atoms with Crippen molar-refractivity contribution in [1.82, 2.24) is 0 Å². The van der Waals surface area contributed by atoms with Crippen LogP contribution in [0.3, 0.4) is 0 Å². The Morgan fingerprint density at radius 3 is 2.64 bits per heavy atom. The average molecular weight is 453 g/mol. The number of fused-ring (bicyclic) bond motifs is 1. The third kappa shape index (κ3) is 4.57. The fourth-order valence-corrected chi connectivity index (χ4v) is 6.92. The van der Waals surface area contributed by atoms with Crippen molar-refractivity contribution in [2.24, 2.45) is 29.1 Å². The Kier molecular flexibility index (Phi) is 6.89. The van der Waals surface area contributed by atoms with Gasteiger partial charge in [-0.05, 0) is 78.9 Å². The monoisotopic (exact) mass is 452 g/mol. The minimum Gasteiger partial charge on any atom is -0.454 e. The van der Waals surface area contributed by atoms with Gasteiger partial charge >= 0.3 is 5.97 Å². The number of cyclic esters (lactones) is 1. The van der Waals surface area contributed by atoms with Gasteiger partial charge in [-0.3, -0.25) is 0 Å². The Morgan fingerprint density at radius 1 is 1.18 bits per heavy atom. The van der Waals surface area contributed by atoms with Crippen molar-refractivity contribution in [2.45, 2.75) is 84.0 Å². The average Bonchev–Trinajstić information content (AvgIpc) is 3.30. The van der Waals surface area contributed by atoms with Gasteiger partial charge < -0.3 is 14.9 Å². The zero-order valence-corrected chi connectivity index (χ0v) is 20.4. The summed E-state index contributed by atoms with van der Waals surface area (Å²) in [6, 6.07) is 0. The van der Waals surface area contributed by atoms with Gasteiger partial charge in [0, 0.05) is 17.9 Å². The Hall–Kier alpha value is -1.91. The predicted molar refractivity (Wildman–Crippen MR) is 131 cm³/mol. The first-order valence-electron chi connectivity index (χ1n) is 12.6. The Morgan fingerprint density at radius 2 is 1.94 bits per heavy atom. The Labute approximate surface area is 198 Å². The topological polar surface area (TPSA) is 66.8 Å². The highest BCUT2D eigenvalue weighted by Crippen LogP contribution is 2.59. The van der Waals surface area contributed by atoms with E-state index in [-0.39, 0.29) is 23.4 Å². The second kappa shape index (κ2) is 9.38. The van der Waals surface area contributed by atoms with Gasteiger partial charge in [-0.2, -0.15) is 0 Å². The van der Waals surface area contributed by atoms with E-state index in [2.05, 4.69) is 51.3 Å². The number of allylic oxidation sites excluding steroid dienone is 4. The fraction of sp³-hybridized carbons (Fsp3) is 0.621. The van der Waals surface area contributed by atoms with E-state index in [1.165, 1.54) is 31.3 Å². The molecule has 4 aliphatic rings. The minimum atomic E-state index is -0.671. The number of ether oxygens (including phenoxy) is 1. The largest absolute Gasteiger partial charge is 0.454 e. The van der Waals surface area contributed by atoms with Gasteiger partial charge in [-0.25, -0.2) is 4.79 Å². The lowest BCUT2D eigenvalue weighted by Crippen LogP contribution is -2.36. The number of hydrogen-bond acceptors (Lipinski definition) is 4. The maximum Gasteiger partial charge on any atom is 0.334 e. The minimum absolute atomic E-state index is 0.164. The Bertz CT molecular complexity index is 893. The number of carbonyl (C=O) groups is 1. The molecule has 1 aliphatic heterocycles. The van der Waals surface area contributed by atoms with E-state index in [9.17, 15) is 15.0 Å². The second-order valence-corrected chi connectivity index (χ2v) is 11.1. The SMILES string of the molecule is C=C1CC(C=C[C@@H](C)[C@H]2CC[C@H]3C(=CC=C4C[C@@H](O)[C@H](C)[C@H](O)C4=C)CCC[C@]23C)OC1=O. The molecule has 0 aromatic carbocycles. The van der Waals surface area contributed by atoms with E-state index in [0.717, 1.165) is 17.6 Å². The van der Waals surface area contributed by atoms with E-state index in [1.54, 1.807) is 0 Å². The molecule has 4 fully saturated rings. The molecule has 0 bridgehead atoms. The molecule has 4 rings (SSSR count). The summed E-state index contributed by atoms with van der Waals surface area (Å²) in [4.78, 5) is 11.6. The van der Waals surface area contributed by atoms with Crippen LogP contribution in [0.4, 0.5) is 0 Å². The molecule has 0 aromatic rings. The molecule has 0 aromatic heterocycles. The number of aliphatic hydroxyl groups is 2. The van der Waals surface area contributed by atoms with Crippen LogP contribution in [0.1, 0.15) is 65.7 Å². The van der Waals surface area contributed by atoms with Crippen molar-refractivity contribution in [3.8, 4) is 0 Å². The lowest BCUT2D eigenvalue weighted by Gasteiger charge is -2.44. The van der Waals surface area contributed by atoms with Crippen LogP contribution >= 0.6 is 0 Å². The van der Waals surface area contributed by atoms with Crippen molar-refractivity contribution in [1.29, 1.82) is 0 Å². The number of carbonyl (C=O) groups excluding carboxylic acids is 1. The van der Waals surface area contributed by atoms with E-state index in [0.29, 0.717) is 36.2 Å². The molecular weight excluding hydrogens is 412 g/mol. The van der Waals surface area contributed by atoms with E-state index < -0.39 is 12.2 Å². The van der Waals surface area contributed by atoms with Crippen molar-refractivity contribution >= 4 is 5.97 Å². The lowest BCUT2D eigenvalue weighted by atomic mass is 9.61. The molecule has 8 atom stereocenters. The molecule has 3 aliphatic carbocycles. The summed E-state index contributed by atoms with van der Waals surface area (Å²) in [7, 11) is 0. The standard InChI is InChI=1S/C29H40O4/c1-17(8-11-23-15-18(2)28(32)33-23)24-12-13-25-21(7-6-14-29(24,25)5)9-10-22-16-26(30)20(4)27(31)19(22)3/h8-11,17,20,23-27,30-31H,2-3,6-7,12-16H2,1,4-5H3/t17-,20+,23?,24-,25+,26-,27-,29-/m1/s1. The number of aliphatic hydroxyl groups excluding tert-OH is 2. The molecule has 4 heteroatoms. The quantitative estimate of drug-likeness (QED) is 0.339. The molecule has 4 nitrogen and oxygen atoms in total. The molecule has 1 heterocycles. The van der Waals surface area contributed by atoms with E-state index >= 15 is 0 Å². The van der Waals surface area contributed by atoms with Gasteiger partial charge in [0.15, 0.2) is 0 Å². The van der Waals surface area contributed by atoms with E-state index in [1.807, 2.05) is 6.92 Å². The summed E-state index contributed by atoms with van der Waals surface area (Å²) in [6.07, 6.45) is 14.5. The molecule has 1 unspecified atom stereocenters. The molecule has 180 valence electrons. The van der Waals surface area contributed by atoms with Crippen LogP contribution in [0, 0.1) is 29.1 Å². The molecule has 3 saturated carbocycles. The smallest absolute Gasteiger partial charge is 0.334 e. The highest BCUT2D eigenvalue weighted by molar-refractivity contribution is 5.90. The van der Waals surface area contributed by atoms with Crippen LogP contribution in [0.25, 0.3) is 0 Å². The molecule has 1 saturated heterocycles. The van der Waals surface area contributed by atoms with Gasteiger partial charge in [-0.1, -0.05) is 57.7 Å². The summed E-state index contributed by atoms with van der Waals surface area (Å²) in [5, 5.41) is 20.7. The molecule has 0 radical (unpaired) electrons. The van der Waals surface area contributed by atoms with Gasteiger partial charge in [0.05, 0.1) is 12.2 Å².